The molecule has 6 nitrogen and oxygen atoms in total. The van der Waals surface area contributed by atoms with Crippen molar-refractivity contribution in [3.63, 3.8) is 0 Å². The van der Waals surface area contributed by atoms with E-state index in [1.54, 1.807) is 25.3 Å². The van der Waals surface area contributed by atoms with Crippen molar-refractivity contribution in [2.45, 2.75) is 13.3 Å². The standard InChI is InChI=1S/C24H23N3O3/c1-24(15-29-2)14-19(11-12-20(24)16-7-4-3-5-8-16)23-26-22(27-30-23)18-10-6-9-17(13-18)21(25)28/h3-13H,14-15H2,1-2H3,(H2,25,28). The van der Waals surface area contributed by atoms with E-state index in [1.165, 1.54) is 11.1 Å². The summed E-state index contributed by atoms with van der Waals surface area (Å²) < 4.78 is 11.1. The van der Waals surface area contributed by atoms with E-state index in [9.17, 15) is 4.79 Å². The number of benzene rings is 2. The minimum Gasteiger partial charge on any atom is -0.384 e. The number of carbonyl (C=O) groups excluding carboxylic acids is 1. The second kappa shape index (κ2) is 8.08. The number of methoxy groups -OCH3 is 1. The van der Waals surface area contributed by atoms with Crippen LogP contribution in [0.15, 0.2) is 71.3 Å². The maximum atomic E-state index is 11.4. The molecule has 1 aliphatic rings. The van der Waals surface area contributed by atoms with Gasteiger partial charge in [-0.1, -0.05) is 66.7 Å². The van der Waals surface area contributed by atoms with Crippen LogP contribution >= 0.6 is 0 Å². The molecule has 2 N–H and O–H groups in total. The molecule has 3 aromatic rings. The van der Waals surface area contributed by atoms with Gasteiger partial charge in [-0.2, -0.15) is 4.98 Å². The van der Waals surface area contributed by atoms with Crippen LogP contribution in [0.4, 0.5) is 0 Å². The summed E-state index contributed by atoms with van der Waals surface area (Å²) in [4.78, 5) is 16.0. The number of nitrogens with two attached hydrogens (primary N) is 1. The third kappa shape index (κ3) is 3.82. The first kappa shape index (κ1) is 19.8. The smallest absolute Gasteiger partial charge is 0.254 e. The number of amides is 1. The summed E-state index contributed by atoms with van der Waals surface area (Å²) in [7, 11) is 1.71. The van der Waals surface area contributed by atoms with Crippen molar-refractivity contribution in [2.75, 3.05) is 13.7 Å². The Hall–Kier alpha value is -3.51. The monoisotopic (exact) mass is 401 g/mol. The fourth-order valence-electron chi connectivity index (χ4n) is 3.90. The van der Waals surface area contributed by atoms with Crippen molar-refractivity contribution in [1.82, 2.24) is 10.1 Å². The number of nitrogens with zero attached hydrogens (tertiary/aromatic N) is 2. The van der Waals surface area contributed by atoms with Gasteiger partial charge in [0.05, 0.1) is 6.61 Å². The van der Waals surface area contributed by atoms with Gasteiger partial charge in [-0.15, -0.1) is 0 Å². The van der Waals surface area contributed by atoms with Gasteiger partial charge in [0, 0.05) is 29.2 Å². The van der Waals surface area contributed by atoms with Gasteiger partial charge in [-0.05, 0) is 29.7 Å². The molecule has 0 aliphatic heterocycles. The summed E-state index contributed by atoms with van der Waals surface area (Å²) in [6.07, 6.45) is 4.83. The summed E-state index contributed by atoms with van der Waals surface area (Å²) in [6, 6.07) is 17.2. The highest BCUT2D eigenvalue weighted by atomic mass is 16.5. The van der Waals surface area contributed by atoms with E-state index in [1.807, 2.05) is 30.3 Å². The zero-order chi connectivity index (χ0) is 21.1. The van der Waals surface area contributed by atoms with Crippen molar-refractivity contribution >= 4 is 17.1 Å². The summed E-state index contributed by atoms with van der Waals surface area (Å²) in [5.41, 5.74) is 9.54. The Morgan fingerprint density at radius 3 is 2.63 bits per heavy atom. The number of allylic oxidation sites excluding steroid dienone is 3. The number of primary amides is 1. The first-order valence-corrected chi connectivity index (χ1v) is 9.70. The van der Waals surface area contributed by atoms with Crippen molar-refractivity contribution in [2.24, 2.45) is 11.1 Å². The summed E-state index contributed by atoms with van der Waals surface area (Å²) in [5, 5.41) is 4.10. The predicted octanol–water partition coefficient (Wildman–Crippen LogP) is 4.36. The molecule has 1 atom stereocenters. The van der Waals surface area contributed by atoms with Gasteiger partial charge >= 0.3 is 0 Å². The Morgan fingerprint density at radius 1 is 1.13 bits per heavy atom. The van der Waals surface area contributed by atoms with Crippen LogP contribution in [-0.4, -0.2) is 29.8 Å². The molecule has 6 heteroatoms. The van der Waals surface area contributed by atoms with E-state index in [0.717, 1.165) is 5.57 Å². The predicted molar refractivity (Wildman–Crippen MR) is 115 cm³/mol. The van der Waals surface area contributed by atoms with Crippen LogP contribution in [-0.2, 0) is 4.74 Å². The molecule has 30 heavy (non-hydrogen) atoms. The van der Waals surface area contributed by atoms with E-state index in [2.05, 4.69) is 35.3 Å². The Bertz CT molecular complexity index is 1130. The fourth-order valence-corrected chi connectivity index (χ4v) is 3.90. The Morgan fingerprint density at radius 2 is 1.90 bits per heavy atom. The van der Waals surface area contributed by atoms with Gasteiger partial charge in [0.2, 0.25) is 11.7 Å². The lowest BCUT2D eigenvalue weighted by molar-refractivity contribution is 0.100. The van der Waals surface area contributed by atoms with Gasteiger partial charge in [0.15, 0.2) is 0 Å². The van der Waals surface area contributed by atoms with Crippen molar-refractivity contribution in [1.29, 1.82) is 0 Å². The lowest BCUT2D eigenvalue weighted by atomic mass is 9.71. The SMILES string of the molecule is COCC1(C)CC(c2nc(-c3cccc(C(N)=O)c3)no2)=CC=C1c1ccccc1. The Labute approximate surface area is 175 Å². The van der Waals surface area contributed by atoms with Gasteiger partial charge in [0.25, 0.3) is 5.89 Å². The molecule has 0 bridgehead atoms. The van der Waals surface area contributed by atoms with Crippen molar-refractivity contribution in [3.05, 3.63) is 83.8 Å². The molecule has 0 saturated carbocycles. The number of rotatable bonds is 6. The molecule has 4 rings (SSSR count). The van der Waals surface area contributed by atoms with Crippen LogP contribution in [0, 0.1) is 5.41 Å². The van der Waals surface area contributed by atoms with Crippen LogP contribution in [0.1, 0.15) is 35.2 Å². The molecule has 1 amide bonds. The fraction of sp³-hybridized carbons (Fsp3) is 0.208. The van der Waals surface area contributed by atoms with Gasteiger partial charge in [0.1, 0.15) is 0 Å². The third-order valence-corrected chi connectivity index (χ3v) is 5.34. The number of carbonyl (C=O) groups is 1. The molecule has 1 heterocycles. The first-order valence-electron chi connectivity index (χ1n) is 9.70. The van der Waals surface area contributed by atoms with E-state index in [-0.39, 0.29) is 5.41 Å². The third-order valence-electron chi connectivity index (χ3n) is 5.34. The molecule has 0 spiro atoms. The lowest BCUT2D eigenvalue weighted by Crippen LogP contribution is -2.27. The van der Waals surface area contributed by atoms with Crippen molar-refractivity contribution in [3.8, 4) is 11.4 Å². The van der Waals surface area contributed by atoms with Crippen LogP contribution < -0.4 is 5.73 Å². The topological polar surface area (TPSA) is 91.2 Å². The highest BCUT2D eigenvalue weighted by Crippen LogP contribution is 2.45. The quantitative estimate of drug-likeness (QED) is 0.663. The van der Waals surface area contributed by atoms with Gasteiger partial charge in [-0.25, -0.2) is 0 Å². The average molecular weight is 401 g/mol. The minimum atomic E-state index is -0.496. The first-order chi connectivity index (χ1) is 14.5. The van der Waals surface area contributed by atoms with Gasteiger partial charge in [-0.3, -0.25) is 4.79 Å². The zero-order valence-corrected chi connectivity index (χ0v) is 17.0. The molecular formula is C24H23N3O3. The second-order valence-corrected chi connectivity index (χ2v) is 7.68. The highest BCUT2D eigenvalue weighted by Gasteiger charge is 2.35. The number of hydrogen-bond donors (Lipinski definition) is 1. The molecule has 0 saturated heterocycles. The highest BCUT2D eigenvalue weighted by molar-refractivity contribution is 5.93. The van der Waals surface area contributed by atoms with E-state index in [0.29, 0.717) is 35.9 Å². The average Bonchev–Trinajstić information content (AvgIpc) is 3.25. The van der Waals surface area contributed by atoms with Gasteiger partial charge < -0.3 is 15.0 Å². The number of aromatic nitrogens is 2. The molecular weight excluding hydrogens is 378 g/mol. The maximum absolute atomic E-state index is 11.4. The van der Waals surface area contributed by atoms with E-state index < -0.39 is 5.91 Å². The van der Waals surface area contributed by atoms with Crippen LogP contribution in [0.2, 0.25) is 0 Å². The number of hydrogen-bond acceptors (Lipinski definition) is 5. The largest absolute Gasteiger partial charge is 0.384 e. The summed E-state index contributed by atoms with van der Waals surface area (Å²) in [6.45, 7) is 2.74. The zero-order valence-electron chi connectivity index (χ0n) is 17.0. The molecule has 2 aromatic carbocycles. The summed E-state index contributed by atoms with van der Waals surface area (Å²) >= 11 is 0. The summed E-state index contributed by atoms with van der Waals surface area (Å²) in [5.74, 6) is 0.380. The van der Waals surface area contributed by atoms with Crippen LogP contribution in [0.5, 0.6) is 0 Å². The Kier molecular flexibility index (Phi) is 5.33. The van der Waals surface area contributed by atoms with Crippen molar-refractivity contribution < 1.29 is 14.1 Å². The molecule has 1 aromatic heterocycles. The normalized spacial score (nSPS) is 18.6. The molecule has 152 valence electrons. The van der Waals surface area contributed by atoms with E-state index in [4.69, 9.17) is 15.0 Å². The molecule has 1 aliphatic carbocycles. The molecule has 0 radical (unpaired) electrons. The van der Waals surface area contributed by atoms with Crippen LogP contribution in [0.25, 0.3) is 22.5 Å². The number of ether oxygens (including phenoxy) is 1. The Balaban J connectivity index is 1.68. The molecule has 1 unspecified atom stereocenters. The van der Waals surface area contributed by atoms with Crippen LogP contribution in [0.3, 0.4) is 0 Å². The maximum Gasteiger partial charge on any atom is 0.254 e. The second-order valence-electron chi connectivity index (χ2n) is 7.68. The molecule has 0 fully saturated rings. The lowest BCUT2D eigenvalue weighted by Gasteiger charge is -2.34. The minimum absolute atomic E-state index is 0.235. The van der Waals surface area contributed by atoms with E-state index >= 15 is 0 Å².